The Labute approximate surface area is 418 Å². The third kappa shape index (κ3) is 50.8. The molecule has 0 rings (SSSR count). The Kier molecular flexibility index (Phi) is 46.7. The molecule has 3 atom stereocenters. The van der Waals surface area contributed by atoms with E-state index in [1.165, 1.54) is 64.2 Å². The lowest BCUT2D eigenvalue weighted by Crippen LogP contribution is -2.46. The lowest BCUT2D eigenvalue weighted by Gasteiger charge is -2.26. The van der Waals surface area contributed by atoms with E-state index in [1.807, 2.05) is 21.1 Å². The number of nitrogens with zero attached hydrogens (tertiary/aromatic N) is 1. The summed E-state index contributed by atoms with van der Waals surface area (Å²) in [5.41, 5.74) is 0. The number of hydrogen-bond acceptors (Lipinski definition) is 5. The maximum atomic E-state index is 12.9. The molecular formula is C59H102N2O6P+. The number of quaternary nitrogens is 1. The van der Waals surface area contributed by atoms with Crippen LogP contribution in [0.25, 0.3) is 0 Å². The van der Waals surface area contributed by atoms with Crippen LogP contribution in [0.3, 0.4) is 0 Å². The number of carbonyl (C=O) groups excluding carboxylic acids is 1. The van der Waals surface area contributed by atoms with Crippen molar-refractivity contribution in [2.24, 2.45) is 0 Å². The summed E-state index contributed by atoms with van der Waals surface area (Å²) in [5, 5.41) is 14.0. The number of aliphatic hydroxyl groups excluding tert-OH is 1. The first-order valence-corrected chi connectivity index (χ1v) is 28.4. The fourth-order valence-electron chi connectivity index (χ4n) is 7.01. The van der Waals surface area contributed by atoms with Crippen LogP contribution in [0.2, 0.25) is 0 Å². The monoisotopic (exact) mass is 966 g/mol. The minimum atomic E-state index is -4.34. The van der Waals surface area contributed by atoms with Crippen LogP contribution < -0.4 is 5.32 Å². The maximum Gasteiger partial charge on any atom is 0.472 e. The van der Waals surface area contributed by atoms with Crippen molar-refractivity contribution in [3.8, 4) is 0 Å². The van der Waals surface area contributed by atoms with Gasteiger partial charge < -0.3 is 19.8 Å². The highest BCUT2D eigenvalue weighted by atomic mass is 31.2. The minimum Gasteiger partial charge on any atom is -0.391 e. The van der Waals surface area contributed by atoms with E-state index in [0.29, 0.717) is 30.3 Å². The van der Waals surface area contributed by atoms with Crippen molar-refractivity contribution in [3.63, 3.8) is 0 Å². The third-order valence-electron chi connectivity index (χ3n) is 11.2. The van der Waals surface area contributed by atoms with E-state index < -0.39 is 20.0 Å². The number of allylic oxidation sites excluding steroid dienone is 20. The van der Waals surface area contributed by atoms with Gasteiger partial charge in [-0.3, -0.25) is 13.8 Å². The second-order valence-electron chi connectivity index (χ2n) is 18.9. The van der Waals surface area contributed by atoms with Crippen molar-refractivity contribution in [1.29, 1.82) is 0 Å². The number of amides is 1. The average molecular weight is 966 g/mol. The summed E-state index contributed by atoms with van der Waals surface area (Å²) in [6.07, 6.45) is 72.5. The molecule has 0 radical (unpaired) electrons. The van der Waals surface area contributed by atoms with E-state index in [2.05, 4.69) is 141 Å². The Bertz CT molecular complexity index is 1510. The van der Waals surface area contributed by atoms with Gasteiger partial charge in [0.15, 0.2) is 0 Å². The molecule has 68 heavy (non-hydrogen) atoms. The Morgan fingerprint density at radius 2 is 0.882 bits per heavy atom. The molecule has 0 aromatic carbocycles. The molecule has 388 valence electrons. The zero-order chi connectivity index (χ0) is 49.9. The summed E-state index contributed by atoms with van der Waals surface area (Å²) in [7, 11) is 1.57. The molecule has 0 spiro atoms. The number of nitrogens with one attached hydrogen (secondary N) is 1. The fraction of sp³-hybridized carbons (Fsp3) is 0.644. The molecule has 0 fully saturated rings. The number of likely N-dealkylation sites (N-methyl/N-ethyl adjacent to an activating group) is 1. The van der Waals surface area contributed by atoms with E-state index in [4.69, 9.17) is 9.05 Å². The highest BCUT2D eigenvalue weighted by molar-refractivity contribution is 7.47. The van der Waals surface area contributed by atoms with Gasteiger partial charge in [0, 0.05) is 6.42 Å². The van der Waals surface area contributed by atoms with Crippen LogP contribution in [-0.2, 0) is 18.4 Å². The van der Waals surface area contributed by atoms with Gasteiger partial charge in [0.25, 0.3) is 0 Å². The van der Waals surface area contributed by atoms with Gasteiger partial charge in [-0.1, -0.05) is 219 Å². The number of rotatable bonds is 47. The topological polar surface area (TPSA) is 105 Å². The molecule has 0 aliphatic carbocycles. The van der Waals surface area contributed by atoms with Gasteiger partial charge in [0.05, 0.1) is 39.9 Å². The molecule has 0 aliphatic rings. The van der Waals surface area contributed by atoms with E-state index in [-0.39, 0.29) is 19.1 Å². The Balaban J connectivity index is 4.30. The predicted octanol–water partition coefficient (Wildman–Crippen LogP) is 16.2. The molecule has 3 N–H and O–H groups in total. The van der Waals surface area contributed by atoms with Gasteiger partial charge in [-0.15, -0.1) is 0 Å². The average Bonchev–Trinajstić information content (AvgIpc) is 3.30. The van der Waals surface area contributed by atoms with E-state index in [1.54, 1.807) is 0 Å². The summed E-state index contributed by atoms with van der Waals surface area (Å²) in [5.74, 6) is -0.193. The van der Waals surface area contributed by atoms with Gasteiger partial charge in [0.2, 0.25) is 5.91 Å². The Morgan fingerprint density at radius 1 is 0.515 bits per heavy atom. The van der Waals surface area contributed by atoms with Crippen molar-refractivity contribution in [2.75, 3.05) is 40.9 Å². The summed E-state index contributed by atoms with van der Waals surface area (Å²) in [6, 6.07) is -0.792. The van der Waals surface area contributed by atoms with Gasteiger partial charge >= 0.3 is 7.82 Å². The number of phosphoric acid groups is 1. The van der Waals surface area contributed by atoms with Gasteiger partial charge in [-0.05, 0) is 89.9 Å². The number of hydrogen-bond donors (Lipinski definition) is 3. The SMILES string of the molecule is CC/C=C\C/C=C\C/C=C\C/C=C\C/C=C\C/C=C\C/C=C\C/C=C\C/C=C\C/C=C\CCCCC(=O)NC(COP(=O)(O)OCC[N+](C)(C)C)C(O)CCCCCCCCCCCCCCC. The molecule has 1 amide bonds. The van der Waals surface area contributed by atoms with Crippen LogP contribution >= 0.6 is 7.82 Å². The normalized spacial score (nSPS) is 15.0. The van der Waals surface area contributed by atoms with Crippen molar-refractivity contribution < 1.29 is 32.9 Å². The van der Waals surface area contributed by atoms with Crippen LogP contribution in [0.1, 0.15) is 194 Å². The minimum absolute atomic E-state index is 0.0592. The zero-order valence-electron chi connectivity index (χ0n) is 44.0. The predicted molar refractivity (Wildman–Crippen MR) is 295 cm³/mol. The molecular weight excluding hydrogens is 864 g/mol. The summed E-state index contributed by atoms with van der Waals surface area (Å²) in [6.45, 7) is 4.71. The summed E-state index contributed by atoms with van der Waals surface area (Å²) >= 11 is 0. The number of carbonyl (C=O) groups is 1. The maximum absolute atomic E-state index is 12.9. The molecule has 0 bridgehead atoms. The highest BCUT2D eigenvalue weighted by Gasteiger charge is 2.28. The van der Waals surface area contributed by atoms with Crippen molar-refractivity contribution >= 4 is 13.7 Å². The van der Waals surface area contributed by atoms with Crippen LogP contribution in [0.15, 0.2) is 122 Å². The van der Waals surface area contributed by atoms with Crippen LogP contribution in [0.4, 0.5) is 0 Å². The van der Waals surface area contributed by atoms with Gasteiger partial charge in [-0.2, -0.15) is 0 Å². The van der Waals surface area contributed by atoms with E-state index in [9.17, 15) is 19.4 Å². The van der Waals surface area contributed by atoms with Crippen LogP contribution in [0, 0.1) is 0 Å². The van der Waals surface area contributed by atoms with Crippen molar-refractivity contribution in [1.82, 2.24) is 5.32 Å². The van der Waals surface area contributed by atoms with Gasteiger partial charge in [-0.25, -0.2) is 4.57 Å². The molecule has 0 aliphatic heterocycles. The Hall–Kier alpha value is -3.10. The lowest BCUT2D eigenvalue weighted by atomic mass is 10.0. The molecule has 0 saturated carbocycles. The van der Waals surface area contributed by atoms with Crippen LogP contribution in [0.5, 0.6) is 0 Å². The molecule has 0 saturated heterocycles. The molecule has 0 heterocycles. The van der Waals surface area contributed by atoms with Crippen molar-refractivity contribution in [3.05, 3.63) is 122 Å². The number of phosphoric ester groups is 1. The second-order valence-corrected chi connectivity index (χ2v) is 20.3. The molecule has 9 heteroatoms. The lowest BCUT2D eigenvalue weighted by molar-refractivity contribution is -0.870. The van der Waals surface area contributed by atoms with E-state index in [0.717, 1.165) is 96.3 Å². The first-order valence-electron chi connectivity index (χ1n) is 26.9. The summed E-state index contributed by atoms with van der Waals surface area (Å²) < 4.78 is 23.7. The molecule has 0 aromatic heterocycles. The largest absolute Gasteiger partial charge is 0.472 e. The fourth-order valence-corrected chi connectivity index (χ4v) is 7.75. The second kappa shape index (κ2) is 48.9. The first-order chi connectivity index (χ1) is 33.0. The number of unbranched alkanes of at least 4 members (excludes halogenated alkanes) is 14. The van der Waals surface area contributed by atoms with Crippen molar-refractivity contribution in [2.45, 2.75) is 206 Å². The summed E-state index contributed by atoms with van der Waals surface area (Å²) in [4.78, 5) is 23.2. The molecule has 0 aromatic rings. The quantitative estimate of drug-likeness (QED) is 0.0243. The van der Waals surface area contributed by atoms with Gasteiger partial charge in [0.1, 0.15) is 13.2 Å². The van der Waals surface area contributed by atoms with Crippen LogP contribution in [-0.4, -0.2) is 73.4 Å². The number of aliphatic hydroxyl groups is 1. The Morgan fingerprint density at radius 3 is 1.26 bits per heavy atom. The highest BCUT2D eigenvalue weighted by Crippen LogP contribution is 2.43. The smallest absolute Gasteiger partial charge is 0.391 e. The first kappa shape index (κ1) is 64.9. The molecule has 3 unspecified atom stereocenters. The zero-order valence-corrected chi connectivity index (χ0v) is 44.9. The standard InChI is InChI=1S/C59H101N2O6P/c1-6-8-10-12-14-16-18-20-21-22-23-24-25-26-27-28-29-30-31-32-33-34-35-36-37-38-39-41-43-45-47-49-51-53-59(63)60-57(56-67-68(64,65)66-55-54-61(3,4)5)58(62)52-50-48-46-44-42-40-19-17-15-13-11-9-7-2/h8,10,14,16,20-21,23-24,26-27,29-30,32-33,35-36,38-39,43,45,57-58,62H,6-7,9,11-13,15,17-19,22,25,28,31,34,37,40-42,44,46-56H2,1-5H3,(H-,60,63,64,65)/p+1/b10-8-,16-14-,21-20-,24-23-,27-26-,30-29-,33-32-,36-35-,39-38-,45-43-. The third-order valence-corrected chi connectivity index (χ3v) is 12.2. The van der Waals surface area contributed by atoms with E-state index >= 15 is 0 Å². The molecule has 8 nitrogen and oxygen atoms in total.